The molecule has 0 radical (unpaired) electrons. The highest BCUT2D eigenvalue weighted by Gasteiger charge is 2.11. The number of aryl methyl sites for hydroxylation is 1. The second kappa shape index (κ2) is 7.04. The molecule has 0 bridgehead atoms. The van der Waals surface area contributed by atoms with E-state index in [0.29, 0.717) is 22.4 Å². The summed E-state index contributed by atoms with van der Waals surface area (Å²) in [6.07, 6.45) is 0.105. The minimum absolute atomic E-state index is 0.105. The number of carbonyl (C=O) groups is 2. The largest absolute Gasteiger partial charge is 0.419 e. The fourth-order valence-electron chi connectivity index (χ4n) is 2.55. The third-order valence-electron chi connectivity index (χ3n) is 3.77. The topological polar surface area (TPSA) is 93.3 Å². The summed E-state index contributed by atoms with van der Waals surface area (Å²) in [6, 6.07) is 13.7. The van der Waals surface area contributed by atoms with Gasteiger partial charge in [0.05, 0.1) is 5.52 Å². The van der Waals surface area contributed by atoms with Crippen LogP contribution in [0.2, 0.25) is 0 Å². The predicted octanol–water partition coefficient (Wildman–Crippen LogP) is 1.98. The minimum atomic E-state index is -0.490. The molecule has 128 valence electrons. The summed E-state index contributed by atoms with van der Waals surface area (Å²) in [7, 11) is 1.54. The summed E-state index contributed by atoms with van der Waals surface area (Å²) < 4.78 is 6.56. The molecule has 7 heteroatoms. The Morgan fingerprint density at radius 3 is 2.72 bits per heavy atom. The molecule has 2 N–H and O–H groups in total. The van der Waals surface area contributed by atoms with E-state index < -0.39 is 5.76 Å². The van der Waals surface area contributed by atoms with Crippen LogP contribution >= 0.6 is 0 Å². The average molecular weight is 339 g/mol. The first kappa shape index (κ1) is 16.5. The van der Waals surface area contributed by atoms with E-state index >= 15 is 0 Å². The molecule has 2 amide bonds. The van der Waals surface area contributed by atoms with E-state index in [9.17, 15) is 14.4 Å². The maximum atomic E-state index is 12.1. The Labute approximate surface area is 143 Å². The van der Waals surface area contributed by atoms with Crippen LogP contribution < -0.4 is 16.4 Å². The van der Waals surface area contributed by atoms with Crippen LogP contribution in [0.5, 0.6) is 0 Å². The van der Waals surface area contributed by atoms with Gasteiger partial charge in [-0.1, -0.05) is 18.2 Å². The highest BCUT2D eigenvalue weighted by molar-refractivity contribution is 5.97. The molecule has 3 aromatic rings. The molecule has 0 aliphatic heterocycles. The van der Waals surface area contributed by atoms with Gasteiger partial charge in [0.1, 0.15) is 0 Å². The molecule has 0 spiro atoms. The molecule has 3 rings (SSSR count). The van der Waals surface area contributed by atoms with Gasteiger partial charge in [-0.3, -0.25) is 14.2 Å². The van der Waals surface area contributed by atoms with Crippen LogP contribution in [0, 0.1) is 0 Å². The summed E-state index contributed by atoms with van der Waals surface area (Å²) >= 11 is 0. The first-order valence-corrected chi connectivity index (χ1v) is 7.79. The maximum absolute atomic E-state index is 12.1. The van der Waals surface area contributed by atoms with Crippen molar-refractivity contribution in [3.05, 3.63) is 64.6 Å². The Hall–Kier alpha value is -3.35. The lowest BCUT2D eigenvalue weighted by molar-refractivity contribution is -0.116. The van der Waals surface area contributed by atoms with Gasteiger partial charge >= 0.3 is 5.76 Å². The number of nitrogens with one attached hydrogen (secondary N) is 2. The van der Waals surface area contributed by atoms with E-state index in [2.05, 4.69) is 10.6 Å². The fourth-order valence-corrected chi connectivity index (χ4v) is 2.55. The molecule has 7 nitrogen and oxygen atoms in total. The quantitative estimate of drug-likeness (QED) is 0.743. The smallest absolute Gasteiger partial charge is 0.408 e. The lowest BCUT2D eigenvalue weighted by atomic mass is 10.2. The SMILES string of the molecule is CNC(=O)c1cccc(NC(=O)CCn2c(=O)oc3ccccc32)c1. The van der Waals surface area contributed by atoms with E-state index in [4.69, 9.17) is 4.42 Å². The summed E-state index contributed by atoms with van der Waals surface area (Å²) in [5.41, 5.74) is 2.13. The zero-order valence-corrected chi connectivity index (χ0v) is 13.6. The Bertz CT molecular complexity index is 987. The molecule has 1 aromatic heterocycles. The van der Waals surface area contributed by atoms with Gasteiger partial charge < -0.3 is 15.1 Å². The monoisotopic (exact) mass is 339 g/mol. The molecular weight excluding hydrogens is 322 g/mol. The van der Waals surface area contributed by atoms with Crippen molar-refractivity contribution in [2.45, 2.75) is 13.0 Å². The summed E-state index contributed by atoms with van der Waals surface area (Å²) in [6.45, 7) is 0.205. The van der Waals surface area contributed by atoms with Crippen molar-refractivity contribution in [3.63, 3.8) is 0 Å². The molecule has 0 atom stereocenters. The van der Waals surface area contributed by atoms with Crippen LogP contribution in [0.3, 0.4) is 0 Å². The van der Waals surface area contributed by atoms with Crippen molar-refractivity contribution in [2.24, 2.45) is 0 Å². The number of hydrogen-bond acceptors (Lipinski definition) is 4. The van der Waals surface area contributed by atoms with Crippen molar-refractivity contribution in [3.8, 4) is 0 Å². The van der Waals surface area contributed by atoms with E-state index in [0.717, 1.165) is 0 Å². The molecule has 0 saturated carbocycles. The number of fused-ring (bicyclic) bond motifs is 1. The third kappa shape index (κ3) is 3.60. The summed E-state index contributed by atoms with van der Waals surface area (Å²) in [5, 5.41) is 5.25. The number of carbonyl (C=O) groups excluding carboxylic acids is 2. The van der Waals surface area contributed by atoms with Gasteiger partial charge in [0.2, 0.25) is 5.91 Å². The van der Waals surface area contributed by atoms with Gasteiger partial charge in [0.25, 0.3) is 5.91 Å². The van der Waals surface area contributed by atoms with Crippen LogP contribution in [-0.4, -0.2) is 23.4 Å². The average Bonchev–Trinajstić information content (AvgIpc) is 2.94. The number of oxazole rings is 1. The number of nitrogens with zero attached hydrogens (tertiary/aromatic N) is 1. The molecule has 0 fully saturated rings. The van der Waals surface area contributed by atoms with E-state index in [1.54, 1.807) is 55.6 Å². The van der Waals surface area contributed by atoms with Crippen LogP contribution in [0.25, 0.3) is 11.1 Å². The minimum Gasteiger partial charge on any atom is -0.408 e. The molecular formula is C18H17N3O4. The molecule has 0 unspecified atom stereocenters. The number of rotatable bonds is 5. The van der Waals surface area contributed by atoms with Crippen LogP contribution in [0.4, 0.5) is 5.69 Å². The highest BCUT2D eigenvalue weighted by atomic mass is 16.4. The number of benzene rings is 2. The van der Waals surface area contributed by atoms with Crippen molar-refractivity contribution >= 4 is 28.6 Å². The molecule has 0 aliphatic rings. The molecule has 25 heavy (non-hydrogen) atoms. The van der Waals surface area contributed by atoms with Gasteiger partial charge in [-0.15, -0.1) is 0 Å². The summed E-state index contributed by atoms with van der Waals surface area (Å²) in [4.78, 5) is 35.7. The predicted molar refractivity (Wildman–Crippen MR) is 93.6 cm³/mol. The van der Waals surface area contributed by atoms with E-state index in [-0.39, 0.29) is 24.8 Å². The molecule has 0 saturated heterocycles. The Morgan fingerprint density at radius 1 is 1.12 bits per heavy atom. The number of para-hydroxylation sites is 2. The number of amides is 2. The van der Waals surface area contributed by atoms with Gasteiger partial charge in [-0.2, -0.15) is 0 Å². The Balaban J connectivity index is 1.68. The Kier molecular flexibility index (Phi) is 4.65. The van der Waals surface area contributed by atoms with E-state index in [1.165, 1.54) is 4.57 Å². The van der Waals surface area contributed by atoms with Crippen molar-refractivity contribution in [2.75, 3.05) is 12.4 Å². The molecule has 2 aromatic carbocycles. The highest BCUT2D eigenvalue weighted by Crippen LogP contribution is 2.13. The first-order valence-electron chi connectivity index (χ1n) is 7.79. The molecule has 0 aliphatic carbocycles. The standard InChI is InChI=1S/C18H17N3O4/c1-19-17(23)12-5-4-6-13(11-12)20-16(22)9-10-21-14-7-2-3-8-15(14)25-18(21)24/h2-8,11H,9-10H2,1H3,(H,19,23)(H,20,22). The van der Waals surface area contributed by atoms with Crippen LogP contribution in [-0.2, 0) is 11.3 Å². The second-order valence-electron chi connectivity index (χ2n) is 5.45. The number of hydrogen-bond donors (Lipinski definition) is 2. The van der Waals surface area contributed by atoms with Crippen LogP contribution in [0.15, 0.2) is 57.7 Å². The van der Waals surface area contributed by atoms with Crippen molar-refractivity contribution in [1.82, 2.24) is 9.88 Å². The van der Waals surface area contributed by atoms with Gasteiger partial charge in [0.15, 0.2) is 5.58 Å². The second-order valence-corrected chi connectivity index (χ2v) is 5.45. The molecule has 1 heterocycles. The lowest BCUT2D eigenvalue weighted by Gasteiger charge is -2.07. The van der Waals surface area contributed by atoms with Gasteiger partial charge in [-0.25, -0.2) is 4.79 Å². The summed E-state index contributed by atoms with van der Waals surface area (Å²) in [5.74, 6) is -0.977. The van der Waals surface area contributed by atoms with Gasteiger partial charge in [-0.05, 0) is 30.3 Å². The van der Waals surface area contributed by atoms with Crippen LogP contribution in [0.1, 0.15) is 16.8 Å². The van der Waals surface area contributed by atoms with Crippen molar-refractivity contribution in [1.29, 1.82) is 0 Å². The van der Waals surface area contributed by atoms with Crippen molar-refractivity contribution < 1.29 is 14.0 Å². The first-order chi connectivity index (χ1) is 12.1. The Morgan fingerprint density at radius 2 is 1.92 bits per heavy atom. The van der Waals surface area contributed by atoms with E-state index in [1.807, 2.05) is 0 Å². The number of anilines is 1. The third-order valence-corrected chi connectivity index (χ3v) is 3.77. The lowest BCUT2D eigenvalue weighted by Crippen LogP contribution is -2.20. The normalized spacial score (nSPS) is 10.6. The maximum Gasteiger partial charge on any atom is 0.419 e. The number of aromatic nitrogens is 1. The zero-order chi connectivity index (χ0) is 17.8. The van der Waals surface area contributed by atoms with Gasteiger partial charge in [0, 0.05) is 31.3 Å². The zero-order valence-electron chi connectivity index (χ0n) is 13.6. The fraction of sp³-hybridized carbons (Fsp3) is 0.167.